The van der Waals surface area contributed by atoms with Gasteiger partial charge in [0.2, 0.25) is 0 Å². The average molecular weight is 161 g/mol. The van der Waals surface area contributed by atoms with E-state index in [9.17, 15) is 0 Å². The van der Waals surface area contributed by atoms with Crippen molar-refractivity contribution in [3.63, 3.8) is 0 Å². The lowest BCUT2D eigenvalue weighted by molar-refractivity contribution is 0.617. The van der Waals surface area contributed by atoms with Gasteiger partial charge in [0, 0.05) is 0 Å². The molecule has 0 atom stereocenters. The molecule has 62 valence electrons. The monoisotopic (exact) mass is 161 g/mol. The summed E-state index contributed by atoms with van der Waals surface area (Å²) >= 11 is 3.73. The summed E-state index contributed by atoms with van der Waals surface area (Å²) < 4.78 is 0. The molecule has 0 spiro atoms. The molecule has 0 amide bonds. The molecule has 0 unspecified atom stereocenters. The summed E-state index contributed by atoms with van der Waals surface area (Å²) in [6.45, 7) is 4.50. The van der Waals surface area contributed by atoms with Crippen molar-refractivity contribution in [2.75, 3.05) is 0 Å². The third-order valence-electron chi connectivity index (χ3n) is 1.81. The van der Waals surface area contributed by atoms with E-state index in [1.807, 2.05) is 0 Å². The average Bonchev–Trinajstić information content (AvgIpc) is 1.97. The minimum atomic E-state index is 0.778. The van der Waals surface area contributed by atoms with Gasteiger partial charge in [-0.2, -0.15) is 0 Å². The molecular formula is C9H21S+. The Kier molecular flexibility index (Phi) is 7.72. The van der Waals surface area contributed by atoms with Crippen molar-refractivity contribution < 1.29 is 0 Å². The predicted molar refractivity (Wildman–Crippen MR) is 53.0 cm³/mol. The van der Waals surface area contributed by atoms with Crippen LogP contribution in [0.15, 0.2) is 0 Å². The lowest BCUT2D eigenvalue weighted by Crippen LogP contribution is -2.01. The molecule has 0 N–H and O–H groups in total. The fourth-order valence-corrected chi connectivity index (χ4v) is 1.45. The van der Waals surface area contributed by atoms with E-state index in [1.54, 1.807) is 0 Å². The molecule has 0 bridgehead atoms. The van der Waals surface area contributed by atoms with E-state index < -0.39 is 0 Å². The van der Waals surface area contributed by atoms with Crippen molar-refractivity contribution in [2.24, 2.45) is 0 Å². The first-order valence-corrected chi connectivity index (χ1v) is 5.10. The molecule has 0 saturated carbocycles. The lowest BCUT2D eigenvalue weighted by atomic mass is 10.1. The molecule has 0 aliphatic carbocycles. The van der Waals surface area contributed by atoms with Gasteiger partial charge in [-0.1, -0.05) is 26.7 Å². The molecule has 10 heavy (non-hydrogen) atoms. The summed E-state index contributed by atoms with van der Waals surface area (Å²) in [5.41, 5.74) is 0. The van der Waals surface area contributed by atoms with Crippen LogP contribution < -0.4 is 0 Å². The van der Waals surface area contributed by atoms with Gasteiger partial charge in [-0.15, -0.1) is 0 Å². The van der Waals surface area contributed by atoms with Crippen LogP contribution in [0.25, 0.3) is 0 Å². The number of rotatable bonds is 6. The van der Waals surface area contributed by atoms with E-state index >= 15 is 0 Å². The Morgan fingerprint density at radius 2 is 1.40 bits per heavy atom. The lowest BCUT2D eigenvalue weighted by Gasteiger charge is -2.02. The highest BCUT2D eigenvalue weighted by molar-refractivity contribution is 7.59. The van der Waals surface area contributed by atoms with Crippen molar-refractivity contribution in [2.45, 2.75) is 57.6 Å². The molecule has 0 aliphatic rings. The van der Waals surface area contributed by atoms with Gasteiger partial charge in [0.1, 0.15) is 5.25 Å². The Bertz CT molecular complexity index is 53.7. The molecule has 0 fully saturated rings. The second kappa shape index (κ2) is 7.46. The molecule has 0 aromatic carbocycles. The summed E-state index contributed by atoms with van der Waals surface area (Å²) in [4.78, 5) is 0. The highest BCUT2D eigenvalue weighted by atomic mass is 32.1. The first-order valence-electron chi connectivity index (χ1n) is 4.52. The summed E-state index contributed by atoms with van der Waals surface area (Å²) in [7, 11) is 0. The topological polar surface area (TPSA) is 0 Å². The summed E-state index contributed by atoms with van der Waals surface area (Å²) in [6, 6.07) is 0. The van der Waals surface area contributed by atoms with E-state index in [1.165, 1.54) is 38.5 Å². The van der Waals surface area contributed by atoms with Crippen LogP contribution in [-0.2, 0) is 12.6 Å². The van der Waals surface area contributed by atoms with E-state index in [0.717, 1.165) is 5.25 Å². The van der Waals surface area contributed by atoms with Gasteiger partial charge in [0.25, 0.3) is 0 Å². The van der Waals surface area contributed by atoms with Crippen LogP contribution >= 0.6 is 0 Å². The molecule has 0 rings (SSSR count). The fraction of sp³-hybridized carbons (Fsp3) is 1.00. The van der Waals surface area contributed by atoms with Gasteiger partial charge < -0.3 is 0 Å². The summed E-state index contributed by atoms with van der Waals surface area (Å²) in [6.07, 6.45) is 8.11. The third kappa shape index (κ3) is 6.47. The Balaban J connectivity index is 3.00. The van der Waals surface area contributed by atoms with Crippen LogP contribution in [0.4, 0.5) is 0 Å². The number of unbranched alkanes of at least 4 members (excludes halogenated alkanes) is 2. The molecule has 0 nitrogen and oxygen atoms in total. The van der Waals surface area contributed by atoms with Gasteiger partial charge in [0.15, 0.2) is 0 Å². The van der Waals surface area contributed by atoms with Gasteiger partial charge in [-0.05, 0) is 38.3 Å². The van der Waals surface area contributed by atoms with Crippen LogP contribution in [0.2, 0.25) is 0 Å². The van der Waals surface area contributed by atoms with Crippen molar-refractivity contribution in [1.82, 2.24) is 0 Å². The van der Waals surface area contributed by atoms with Crippen molar-refractivity contribution in [3.05, 3.63) is 0 Å². The van der Waals surface area contributed by atoms with Gasteiger partial charge in [-0.25, -0.2) is 0 Å². The smallest absolute Gasteiger partial charge is 0.0654 e. The Morgan fingerprint density at radius 3 is 1.70 bits per heavy atom. The second-order valence-electron chi connectivity index (χ2n) is 2.98. The Morgan fingerprint density at radius 1 is 1.00 bits per heavy atom. The van der Waals surface area contributed by atoms with Gasteiger partial charge in [0.05, 0.1) is 0 Å². The minimum absolute atomic E-state index is 0.778. The van der Waals surface area contributed by atoms with Crippen molar-refractivity contribution in [3.8, 4) is 0 Å². The molecule has 0 aromatic heterocycles. The van der Waals surface area contributed by atoms with Crippen LogP contribution in [0, 0.1) is 0 Å². The molecule has 0 saturated heterocycles. The van der Waals surface area contributed by atoms with Crippen LogP contribution in [-0.4, -0.2) is 5.25 Å². The summed E-state index contributed by atoms with van der Waals surface area (Å²) in [5, 5.41) is 0.778. The predicted octanol–water partition coefficient (Wildman–Crippen LogP) is 2.75. The second-order valence-corrected chi connectivity index (χ2v) is 3.80. The summed E-state index contributed by atoms with van der Waals surface area (Å²) in [5.74, 6) is 0. The van der Waals surface area contributed by atoms with Crippen LogP contribution in [0.5, 0.6) is 0 Å². The largest absolute Gasteiger partial charge is 0.113 e. The first kappa shape index (κ1) is 10.3. The van der Waals surface area contributed by atoms with Crippen LogP contribution in [0.1, 0.15) is 52.4 Å². The molecule has 0 radical (unpaired) electrons. The highest BCUT2D eigenvalue weighted by Gasteiger charge is 2.05. The fourth-order valence-electron chi connectivity index (χ4n) is 1.05. The van der Waals surface area contributed by atoms with E-state index in [-0.39, 0.29) is 0 Å². The van der Waals surface area contributed by atoms with Crippen molar-refractivity contribution in [1.29, 1.82) is 0 Å². The van der Waals surface area contributed by atoms with Gasteiger partial charge >= 0.3 is 0 Å². The molecule has 1 heteroatoms. The minimum Gasteiger partial charge on any atom is -0.0654 e. The molecule has 0 aliphatic heterocycles. The van der Waals surface area contributed by atoms with Crippen molar-refractivity contribution >= 4 is 12.6 Å². The molecular weight excluding hydrogens is 140 g/mol. The molecule has 0 aromatic rings. The van der Waals surface area contributed by atoms with E-state index in [2.05, 4.69) is 26.5 Å². The quantitative estimate of drug-likeness (QED) is 0.525. The Hall–Kier alpha value is 0.350. The maximum Gasteiger partial charge on any atom is 0.113 e. The maximum atomic E-state index is 3.73. The van der Waals surface area contributed by atoms with E-state index in [0.29, 0.717) is 0 Å². The van der Waals surface area contributed by atoms with E-state index in [4.69, 9.17) is 0 Å². The van der Waals surface area contributed by atoms with Gasteiger partial charge in [-0.3, -0.25) is 0 Å². The standard InChI is InChI=1S/C9H20S/c1-3-5-7-9(10)8-6-4-2/h9-10H,3-8H2,1-2H3/p+1. The normalized spacial score (nSPS) is 10.8. The number of hydrogen-bond donors (Lipinski definition) is 0. The molecule has 0 heterocycles. The number of hydrogen-bond acceptors (Lipinski definition) is 0. The SMILES string of the molecule is CCCCC([SH2+])CCCC. The zero-order valence-corrected chi connectivity index (χ0v) is 8.32. The maximum absolute atomic E-state index is 3.73. The third-order valence-corrected chi connectivity index (χ3v) is 2.39. The zero-order valence-electron chi connectivity index (χ0n) is 7.32. The van der Waals surface area contributed by atoms with Crippen LogP contribution in [0.3, 0.4) is 0 Å². The zero-order chi connectivity index (χ0) is 7.82. The first-order chi connectivity index (χ1) is 4.81. The highest BCUT2D eigenvalue weighted by Crippen LogP contribution is 2.08. The Labute approximate surface area is 70.8 Å².